The predicted octanol–water partition coefficient (Wildman–Crippen LogP) is 3.09. The SMILES string of the molecule is CCc1ccccc1N1C[C@H](C(=O)N2CCN(c3ccc(F)cc3)CC2)CC1=O. The van der Waals surface area contributed by atoms with E-state index in [1.807, 2.05) is 29.2 Å². The molecule has 29 heavy (non-hydrogen) atoms. The molecule has 2 aromatic carbocycles. The molecule has 4 rings (SSSR count). The first-order valence-electron chi connectivity index (χ1n) is 10.2. The van der Waals surface area contributed by atoms with Crippen molar-refractivity contribution >= 4 is 23.2 Å². The molecule has 1 atom stereocenters. The van der Waals surface area contributed by atoms with Crippen molar-refractivity contribution in [2.45, 2.75) is 19.8 Å². The minimum atomic E-state index is -0.287. The predicted molar refractivity (Wildman–Crippen MR) is 111 cm³/mol. The first-order chi connectivity index (χ1) is 14.1. The maximum atomic E-state index is 13.1. The average Bonchev–Trinajstić information content (AvgIpc) is 3.15. The molecule has 2 aliphatic rings. The van der Waals surface area contributed by atoms with Crippen molar-refractivity contribution < 1.29 is 14.0 Å². The summed E-state index contributed by atoms with van der Waals surface area (Å²) in [5.41, 5.74) is 3.02. The summed E-state index contributed by atoms with van der Waals surface area (Å²) in [6.45, 7) is 5.18. The summed E-state index contributed by atoms with van der Waals surface area (Å²) in [4.78, 5) is 31.5. The number of benzene rings is 2. The van der Waals surface area contributed by atoms with Gasteiger partial charge in [-0.15, -0.1) is 0 Å². The van der Waals surface area contributed by atoms with E-state index in [4.69, 9.17) is 0 Å². The van der Waals surface area contributed by atoms with Crippen molar-refractivity contribution in [2.75, 3.05) is 42.5 Å². The molecule has 0 aromatic heterocycles. The summed E-state index contributed by atoms with van der Waals surface area (Å²) in [5.74, 6) is -0.449. The van der Waals surface area contributed by atoms with E-state index in [-0.39, 0.29) is 30.0 Å². The van der Waals surface area contributed by atoms with Gasteiger partial charge in [0.05, 0.1) is 5.92 Å². The molecule has 2 aliphatic heterocycles. The summed E-state index contributed by atoms with van der Waals surface area (Å²) in [7, 11) is 0. The Bertz CT molecular complexity index is 891. The molecule has 0 unspecified atom stereocenters. The van der Waals surface area contributed by atoms with Crippen molar-refractivity contribution in [3.63, 3.8) is 0 Å². The van der Waals surface area contributed by atoms with Gasteiger partial charge < -0.3 is 14.7 Å². The van der Waals surface area contributed by atoms with Gasteiger partial charge in [0.1, 0.15) is 5.82 Å². The minimum absolute atomic E-state index is 0.0224. The standard InChI is InChI=1S/C23H26FN3O2/c1-2-17-5-3-4-6-21(17)27-16-18(15-22(27)28)23(29)26-13-11-25(12-14-26)20-9-7-19(24)8-10-20/h3-10,18H,2,11-16H2,1H3/t18-/m1/s1. The smallest absolute Gasteiger partial charge is 0.228 e. The largest absolute Gasteiger partial charge is 0.368 e. The number of rotatable bonds is 4. The Kier molecular flexibility index (Phi) is 5.51. The summed E-state index contributed by atoms with van der Waals surface area (Å²) in [5, 5.41) is 0. The Balaban J connectivity index is 1.38. The van der Waals surface area contributed by atoms with Gasteiger partial charge in [0, 0.05) is 50.5 Å². The number of amides is 2. The number of nitrogens with zero attached hydrogens (tertiary/aromatic N) is 3. The normalized spacial score (nSPS) is 19.7. The average molecular weight is 395 g/mol. The van der Waals surface area contributed by atoms with Gasteiger partial charge in [-0.25, -0.2) is 4.39 Å². The van der Waals surface area contributed by atoms with E-state index in [2.05, 4.69) is 11.8 Å². The lowest BCUT2D eigenvalue weighted by Gasteiger charge is -2.37. The number of hydrogen-bond acceptors (Lipinski definition) is 3. The van der Waals surface area contributed by atoms with E-state index >= 15 is 0 Å². The number of para-hydroxylation sites is 1. The van der Waals surface area contributed by atoms with Crippen LogP contribution in [-0.4, -0.2) is 49.4 Å². The van der Waals surface area contributed by atoms with Gasteiger partial charge in [-0.3, -0.25) is 9.59 Å². The molecule has 152 valence electrons. The number of hydrogen-bond donors (Lipinski definition) is 0. The van der Waals surface area contributed by atoms with Crippen LogP contribution >= 0.6 is 0 Å². The van der Waals surface area contributed by atoms with Gasteiger partial charge in [-0.1, -0.05) is 25.1 Å². The van der Waals surface area contributed by atoms with E-state index < -0.39 is 0 Å². The summed E-state index contributed by atoms with van der Waals surface area (Å²) < 4.78 is 13.1. The number of halogens is 1. The van der Waals surface area contributed by atoms with Crippen molar-refractivity contribution in [1.82, 2.24) is 4.90 Å². The van der Waals surface area contributed by atoms with E-state index in [0.29, 0.717) is 32.7 Å². The van der Waals surface area contributed by atoms with Crippen LogP contribution in [0.3, 0.4) is 0 Å². The quantitative estimate of drug-likeness (QED) is 0.799. The second kappa shape index (κ2) is 8.23. The number of aryl methyl sites for hydroxylation is 1. The number of carbonyl (C=O) groups excluding carboxylic acids is 2. The third-order valence-electron chi connectivity index (χ3n) is 5.92. The van der Waals surface area contributed by atoms with E-state index in [9.17, 15) is 14.0 Å². The lowest BCUT2D eigenvalue weighted by Crippen LogP contribution is -2.50. The topological polar surface area (TPSA) is 43.9 Å². The van der Waals surface area contributed by atoms with Crippen LogP contribution in [0.4, 0.5) is 15.8 Å². The van der Waals surface area contributed by atoms with Gasteiger partial charge in [0.25, 0.3) is 0 Å². The van der Waals surface area contributed by atoms with Gasteiger partial charge in [0.2, 0.25) is 11.8 Å². The molecule has 6 heteroatoms. The molecule has 0 bridgehead atoms. The molecule has 2 heterocycles. The van der Waals surface area contributed by atoms with Crippen LogP contribution in [0.25, 0.3) is 0 Å². The molecule has 0 spiro atoms. The minimum Gasteiger partial charge on any atom is -0.368 e. The maximum absolute atomic E-state index is 13.1. The van der Waals surface area contributed by atoms with Gasteiger partial charge in [-0.2, -0.15) is 0 Å². The molecule has 0 saturated carbocycles. The van der Waals surface area contributed by atoms with Crippen LogP contribution in [0.5, 0.6) is 0 Å². The Morgan fingerprint density at radius 3 is 2.41 bits per heavy atom. The molecular weight excluding hydrogens is 369 g/mol. The Labute approximate surface area is 170 Å². The van der Waals surface area contributed by atoms with Crippen molar-refractivity contribution in [1.29, 1.82) is 0 Å². The summed E-state index contributed by atoms with van der Waals surface area (Å²) in [6.07, 6.45) is 1.12. The van der Waals surface area contributed by atoms with Crippen LogP contribution < -0.4 is 9.80 Å². The zero-order chi connectivity index (χ0) is 20.4. The number of piperazine rings is 1. The molecule has 2 saturated heterocycles. The van der Waals surface area contributed by atoms with E-state index in [1.165, 1.54) is 12.1 Å². The van der Waals surface area contributed by atoms with E-state index in [0.717, 1.165) is 23.4 Å². The molecule has 0 N–H and O–H groups in total. The molecule has 2 amide bonds. The lowest BCUT2D eigenvalue weighted by atomic mass is 10.1. The first-order valence-corrected chi connectivity index (χ1v) is 10.2. The van der Waals surface area contributed by atoms with E-state index in [1.54, 1.807) is 17.0 Å². The second-order valence-corrected chi connectivity index (χ2v) is 7.68. The zero-order valence-corrected chi connectivity index (χ0v) is 16.7. The van der Waals surface area contributed by atoms with Crippen molar-refractivity contribution in [3.05, 3.63) is 59.9 Å². The Morgan fingerprint density at radius 2 is 1.72 bits per heavy atom. The number of anilines is 2. The monoisotopic (exact) mass is 395 g/mol. The van der Waals surface area contributed by atoms with Crippen LogP contribution in [0.15, 0.2) is 48.5 Å². The highest BCUT2D eigenvalue weighted by Crippen LogP contribution is 2.30. The highest BCUT2D eigenvalue weighted by molar-refractivity contribution is 6.00. The second-order valence-electron chi connectivity index (χ2n) is 7.68. The van der Waals surface area contributed by atoms with Crippen molar-refractivity contribution in [2.24, 2.45) is 5.92 Å². The van der Waals surface area contributed by atoms with Gasteiger partial charge in [0.15, 0.2) is 0 Å². The fourth-order valence-corrected chi connectivity index (χ4v) is 4.27. The molecule has 0 radical (unpaired) electrons. The van der Waals surface area contributed by atoms with Crippen LogP contribution in [0.1, 0.15) is 18.9 Å². The fourth-order valence-electron chi connectivity index (χ4n) is 4.27. The molecule has 2 fully saturated rings. The highest BCUT2D eigenvalue weighted by atomic mass is 19.1. The maximum Gasteiger partial charge on any atom is 0.228 e. The first kappa shape index (κ1) is 19.4. The third kappa shape index (κ3) is 3.97. The fraction of sp³-hybridized carbons (Fsp3) is 0.391. The number of carbonyl (C=O) groups is 2. The third-order valence-corrected chi connectivity index (χ3v) is 5.92. The van der Waals surface area contributed by atoms with Gasteiger partial charge >= 0.3 is 0 Å². The van der Waals surface area contributed by atoms with Crippen LogP contribution in [-0.2, 0) is 16.0 Å². The zero-order valence-electron chi connectivity index (χ0n) is 16.7. The Morgan fingerprint density at radius 1 is 1.03 bits per heavy atom. The van der Waals surface area contributed by atoms with Crippen LogP contribution in [0.2, 0.25) is 0 Å². The van der Waals surface area contributed by atoms with Crippen molar-refractivity contribution in [3.8, 4) is 0 Å². The summed E-state index contributed by atoms with van der Waals surface area (Å²) in [6, 6.07) is 14.4. The molecule has 5 nitrogen and oxygen atoms in total. The molecule has 2 aromatic rings. The van der Waals surface area contributed by atoms with Gasteiger partial charge in [-0.05, 0) is 42.3 Å². The summed E-state index contributed by atoms with van der Waals surface area (Å²) >= 11 is 0. The van der Waals surface area contributed by atoms with Crippen LogP contribution in [0, 0.1) is 11.7 Å². The highest BCUT2D eigenvalue weighted by Gasteiger charge is 2.38. The molecule has 0 aliphatic carbocycles. The lowest BCUT2D eigenvalue weighted by molar-refractivity contribution is -0.136. The molecular formula is C23H26FN3O2. The Hall–Kier alpha value is -2.89.